The normalized spacial score (nSPS) is 15.9. The number of ether oxygens (including phenoxy) is 3. The van der Waals surface area contributed by atoms with Gasteiger partial charge in [0.25, 0.3) is 5.91 Å². The van der Waals surface area contributed by atoms with Gasteiger partial charge in [0.2, 0.25) is 0 Å². The number of esters is 1. The van der Waals surface area contributed by atoms with Crippen molar-refractivity contribution in [2.45, 2.75) is 0 Å². The van der Waals surface area contributed by atoms with Gasteiger partial charge in [0.05, 0.1) is 21.3 Å². The van der Waals surface area contributed by atoms with Gasteiger partial charge in [-0.05, 0) is 36.5 Å². The first-order valence-corrected chi connectivity index (χ1v) is 7.43. The quantitative estimate of drug-likeness (QED) is 0.450. The second kappa shape index (κ2) is 7.31. The van der Waals surface area contributed by atoms with Crippen molar-refractivity contribution >= 4 is 35.3 Å². The van der Waals surface area contributed by atoms with Gasteiger partial charge in [-0.2, -0.15) is 0 Å². The number of methoxy groups -OCH3 is 3. The number of amides is 1. The number of thiocarbonyl (C=S) groups is 1. The van der Waals surface area contributed by atoms with Crippen LogP contribution in [0.5, 0.6) is 11.5 Å². The third-order valence-electron chi connectivity index (χ3n) is 3.58. The Morgan fingerprint density at radius 3 is 2.54 bits per heavy atom. The Labute approximate surface area is 145 Å². The smallest absolute Gasteiger partial charge is 0.325 e. The van der Waals surface area contributed by atoms with Gasteiger partial charge < -0.3 is 19.1 Å². The van der Waals surface area contributed by atoms with Crippen LogP contribution in [-0.2, 0) is 14.3 Å². The van der Waals surface area contributed by atoms with E-state index in [0.717, 1.165) is 0 Å². The summed E-state index contributed by atoms with van der Waals surface area (Å²) in [6.07, 6.45) is 1.61. The third-order valence-corrected chi connectivity index (χ3v) is 4.07. The van der Waals surface area contributed by atoms with Crippen LogP contribution in [-0.4, -0.2) is 61.7 Å². The molecule has 1 amide bonds. The second-order valence-electron chi connectivity index (χ2n) is 4.95. The van der Waals surface area contributed by atoms with Gasteiger partial charge in [-0.15, -0.1) is 0 Å². The molecule has 0 bridgehead atoms. The number of benzene rings is 1. The predicted molar refractivity (Wildman–Crippen MR) is 91.6 cm³/mol. The Morgan fingerprint density at radius 2 is 1.96 bits per heavy atom. The highest BCUT2D eigenvalue weighted by Gasteiger charge is 2.36. The summed E-state index contributed by atoms with van der Waals surface area (Å²) in [5, 5.41) is 0.235. The summed E-state index contributed by atoms with van der Waals surface area (Å²) in [4.78, 5) is 26.8. The first-order chi connectivity index (χ1) is 11.4. The fraction of sp³-hybridized carbons (Fsp3) is 0.312. The first-order valence-electron chi connectivity index (χ1n) is 7.03. The van der Waals surface area contributed by atoms with Crippen LogP contribution in [0, 0.1) is 0 Å². The highest BCUT2D eigenvalue weighted by molar-refractivity contribution is 7.80. The van der Waals surface area contributed by atoms with Crippen molar-refractivity contribution in [1.82, 2.24) is 9.80 Å². The molecule has 0 aliphatic carbocycles. The SMILES string of the molecule is COC(=O)CN1C(=S)N(C)C(=O)C1=Cc1cc(OC)ccc1OC. The van der Waals surface area contributed by atoms with Crippen LogP contribution < -0.4 is 9.47 Å². The molecular weight excluding hydrogens is 332 g/mol. The molecule has 24 heavy (non-hydrogen) atoms. The predicted octanol–water partition coefficient (Wildman–Crippen LogP) is 1.28. The largest absolute Gasteiger partial charge is 0.497 e. The average Bonchev–Trinajstić information content (AvgIpc) is 2.79. The van der Waals surface area contributed by atoms with Crippen LogP contribution >= 0.6 is 12.2 Å². The summed E-state index contributed by atoms with van der Waals surface area (Å²) in [7, 11) is 5.91. The highest BCUT2D eigenvalue weighted by atomic mass is 32.1. The van der Waals surface area contributed by atoms with E-state index in [4.69, 9.17) is 21.7 Å². The van der Waals surface area contributed by atoms with Gasteiger partial charge in [-0.25, -0.2) is 0 Å². The number of rotatable bonds is 5. The zero-order chi connectivity index (χ0) is 17.9. The van der Waals surface area contributed by atoms with E-state index < -0.39 is 5.97 Å². The monoisotopic (exact) mass is 350 g/mol. The average molecular weight is 350 g/mol. The lowest BCUT2D eigenvalue weighted by Gasteiger charge is -2.17. The Hall–Kier alpha value is -2.61. The maximum Gasteiger partial charge on any atom is 0.325 e. The molecule has 1 aliphatic rings. The second-order valence-corrected chi connectivity index (χ2v) is 5.31. The molecule has 0 aromatic heterocycles. The maximum atomic E-state index is 12.5. The van der Waals surface area contributed by atoms with Crippen LogP contribution in [0.4, 0.5) is 0 Å². The van der Waals surface area contributed by atoms with Crippen molar-refractivity contribution in [3.8, 4) is 11.5 Å². The van der Waals surface area contributed by atoms with E-state index in [2.05, 4.69) is 4.74 Å². The fourth-order valence-electron chi connectivity index (χ4n) is 2.24. The van der Waals surface area contributed by atoms with Gasteiger partial charge in [0.1, 0.15) is 23.7 Å². The number of hydrogen-bond acceptors (Lipinski definition) is 6. The molecule has 0 saturated carbocycles. The summed E-state index contributed by atoms with van der Waals surface area (Å²) in [6.45, 7) is -0.149. The fourth-order valence-corrected chi connectivity index (χ4v) is 2.49. The molecule has 0 spiro atoms. The van der Waals surface area contributed by atoms with Crippen molar-refractivity contribution in [3.05, 3.63) is 29.5 Å². The van der Waals surface area contributed by atoms with E-state index in [0.29, 0.717) is 17.1 Å². The number of likely N-dealkylation sites (N-methyl/N-ethyl adjacent to an activating group) is 1. The van der Waals surface area contributed by atoms with Crippen LogP contribution in [0.25, 0.3) is 6.08 Å². The molecular formula is C16H18N2O5S. The van der Waals surface area contributed by atoms with E-state index in [9.17, 15) is 9.59 Å². The molecule has 1 aromatic carbocycles. The lowest BCUT2D eigenvalue weighted by atomic mass is 10.1. The van der Waals surface area contributed by atoms with Crippen LogP contribution in [0.2, 0.25) is 0 Å². The molecule has 7 nitrogen and oxygen atoms in total. The summed E-state index contributed by atoms with van der Waals surface area (Å²) >= 11 is 5.24. The molecule has 1 fully saturated rings. The van der Waals surface area contributed by atoms with E-state index in [-0.39, 0.29) is 23.3 Å². The molecule has 0 N–H and O–H groups in total. The Bertz CT molecular complexity index is 716. The Morgan fingerprint density at radius 1 is 1.25 bits per heavy atom. The number of carbonyl (C=O) groups excluding carboxylic acids is 2. The molecule has 1 heterocycles. The lowest BCUT2D eigenvalue weighted by molar-refractivity contribution is -0.140. The topological polar surface area (TPSA) is 68.3 Å². The van der Waals surface area contributed by atoms with Crippen molar-refractivity contribution in [1.29, 1.82) is 0 Å². The van der Waals surface area contributed by atoms with Crippen LogP contribution in [0.3, 0.4) is 0 Å². The standard InChI is InChI=1S/C16H18N2O5S/c1-17-15(20)12(18(16(17)24)9-14(19)23-4)8-10-7-11(21-2)5-6-13(10)22-3/h5-8H,9H2,1-4H3. The van der Waals surface area contributed by atoms with Crippen molar-refractivity contribution in [2.75, 3.05) is 34.9 Å². The van der Waals surface area contributed by atoms with Gasteiger partial charge in [0.15, 0.2) is 5.11 Å². The molecule has 0 unspecified atom stereocenters. The zero-order valence-corrected chi connectivity index (χ0v) is 14.7. The summed E-state index contributed by atoms with van der Waals surface area (Å²) < 4.78 is 15.2. The minimum Gasteiger partial charge on any atom is -0.497 e. The molecule has 8 heteroatoms. The number of nitrogens with zero attached hydrogens (tertiary/aromatic N) is 2. The van der Waals surface area contributed by atoms with Crippen LogP contribution in [0.15, 0.2) is 23.9 Å². The van der Waals surface area contributed by atoms with Gasteiger partial charge in [-0.1, -0.05) is 0 Å². The Balaban J connectivity index is 2.50. The van der Waals surface area contributed by atoms with Crippen molar-refractivity contribution < 1.29 is 23.8 Å². The molecule has 1 aromatic rings. The number of hydrogen-bond donors (Lipinski definition) is 0. The van der Waals surface area contributed by atoms with Gasteiger partial charge >= 0.3 is 5.97 Å². The molecule has 0 radical (unpaired) electrons. The van der Waals surface area contributed by atoms with E-state index in [1.165, 1.54) is 24.0 Å². The lowest BCUT2D eigenvalue weighted by Crippen LogP contribution is -2.33. The zero-order valence-electron chi connectivity index (χ0n) is 13.9. The molecule has 1 aliphatic heterocycles. The van der Waals surface area contributed by atoms with Crippen LogP contribution in [0.1, 0.15) is 5.56 Å². The first kappa shape index (κ1) is 17.7. The summed E-state index contributed by atoms with van der Waals surface area (Å²) in [6, 6.07) is 5.22. The Kier molecular flexibility index (Phi) is 5.40. The minimum atomic E-state index is -0.496. The maximum absolute atomic E-state index is 12.5. The van der Waals surface area contributed by atoms with Gasteiger partial charge in [-0.3, -0.25) is 14.5 Å². The van der Waals surface area contributed by atoms with E-state index >= 15 is 0 Å². The molecule has 1 saturated heterocycles. The highest BCUT2D eigenvalue weighted by Crippen LogP contribution is 2.29. The van der Waals surface area contributed by atoms with Crippen molar-refractivity contribution in [2.24, 2.45) is 0 Å². The van der Waals surface area contributed by atoms with E-state index in [1.54, 1.807) is 38.4 Å². The van der Waals surface area contributed by atoms with Crippen molar-refractivity contribution in [3.63, 3.8) is 0 Å². The summed E-state index contributed by atoms with van der Waals surface area (Å²) in [5.41, 5.74) is 0.896. The summed E-state index contributed by atoms with van der Waals surface area (Å²) in [5.74, 6) is 0.371. The molecule has 128 valence electrons. The molecule has 0 atom stereocenters. The minimum absolute atomic E-state index is 0.149. The number of carbonyl (C=O) groups is 2. The third kappa shape index (κ3) is 3.33. The van der Waals surface area contributed by atoms with Gasteiger partial charge in [0, 0.05) is 12.6 Å². The van der Waals surface area contributed by atoms with E-state index in [1.807, 2.05) is 0 Å². The molecule has 2 rings (SSSR count).